The van der Waals surface area contributed by atoms with E-state index in [1.807, 2.05) is 31.2 Å². The molecule has 1 aromatic carbocycles. The molecule has 2 aliphatic rings. The average molecular weight is 527 g/mol. The SMILES string of the molecule is Cc1ccccc1CNc1ncnc2c1ncn2[C@@H]1O[C@H](CO)[C@@H](O)[C@H]1NC(=O)C1=CC(O)C(O)C(O)C1. The Bertz CT molecular complexity index is 1350. The number of rotatable bonds is 7. The molecule has 13 heteroatoms. The number of carbonyl (C=O) groups is 1. The maximum absolute atomic E-state index is 13.0. The smallest absolute Gasteiger partial charge is 0.247 e. The van der Waals surface area contributed by atoms with Crippen LogP contribution in [0.2, 0.25) is 0 Å². The van der Waals surface area contributed by atoms with Gasteiger partial charge in [0.2, 0.25) is 5.91 Å². The number of nitrogens with one attached hydrogen (secondary N) is 2. The van der Waals surface area contributed by atoms with Crippen molar-refractivity contribution in [3.05, 3.63) is 59.7 Å². The lowest BCUT2D eigenvalue weighted by Crippen LogP contribution is -2.49. The van der Waals surface area contributed by atoms with E-state index in [-0.39, 0.29) is 12.0 Å². The van der Waals surface area contributed by atoms with Crippen LogP contribution < -0.4 is 10.6 Å². The molecular weight excluding hydrogens is 496 g/mol. The van der Waals surface area contributed by atoms with E-state index in [4.69, 9.17) is 4.74 Å². The molecule has 202 valence electrons. The monoisotopic (exact) mass is 526 g/mol. The molecule has 3 heterocycles. The summed E-state index contributed by atoms with van der Waals surface area (Å²) < 4.78 is 7.43. The highest BCUT2D eigenvalue weighted by atomic mass is 16.5. The number of fused-ring (bicyclic) bond motifs is 1. The van der Waals surface area contributed by atoms with Crippen LogP contribution in [0.1, 0.15) is 23.8 Å². The average Bonchev–Trinajstić information content (AvgIpc) is 3.47. The normalized spacial score (nSPS) is 29.3. The fraction of sp³-hybridized carbons (Fsp3) is 0.440. The number of benzene rings is 1. The van der Waals surface area contributed by atoms with Gasteiger partial charge in [-0.05, 0) is 24.1 Å². The molecule has 0 saturated carbocycles. The number of aliphatic hydroxyl groups is 5. The highest BCUT2D eigenvalue weighted by Crippen LogP contribution is 2.33. The van der Waals surface area contributed by atoms with Gasteiger partial charge in [0.05, 0.1) is 19.0 Å². The van der Waals surface area contributed by atoms with E-state index in [1.54, 1.807) is 4.57 Å². The number of carbonyl (C=O) groups excluding carboxylic acids is 1. The Hall–Kier alpha value is -3.46. The number of amides is 1. The van der Waals surface area contributed by atoms with Crippen LogP contribution in [-0.4, -0.2) is 94.1 Å². The first-order chi connectivity index (χ1) is 18.3. The summed E-state index contributed by atoms with van der Waals surface area (Å²) in [5.41, 5.74) is 3.10. The highest BCUT2D eigenvalue weighted by molar-refractivity contribution is 5.94. The van der Waals surface area contributed by atoms with Crippen LogP contribution >= 0.6 is 0 Å². The lowest BCUT2D eigenvalue weighted by Gasteiger charge is -2.29. The van der Waals surface area contributed by atoms with Gasteiger partial charge in [-0.1, -0.05) is 24.3 Å². The Labute approximate surface area is 217 Å². The van der Waals surface area contributed by atoms with E-state index in [0.717, 1.165) is 11.1 Å². The zero-order valence-electron chi connectivity index (χ0n) is 20.5. The number of anilines is 1. The molecule has 1 saturated heterocycles. The lowest BCUT2D eigenvalue weighted by molar-refractivity contribution is -0.121. The summed E-state index contributed by atoms with van der Waals surface area (Å²) >= 11 is 0. The molecule has 3 unspecified atom stereocenters. The van der Waals surface area contributed by atoms with Gasteiger partial charge >= 0.3 is 0 Å². The first-order valence-corrected chi connectivity index (χ1v) is 12.2. The zero-order chi connectivity index (χ0) is 27.0. The standard InChI is InChI=1S/C25H30N6O7/c1-12-4-2-3-5-13(12)8-26-22-19-23(28-10-27-22)31(11-29-19)25-18(21(36)17(9-32)38-25)30-24(37)14-6-15(33)20(35)16(34)7-14/h2-6,10-11,15-18,20-21,25,32-36H,7-9H2,1H3,(H,30,37)(H,26,27,28)/t15?,16?,17-,18-,20?,21-,25-/m1/s1. The Morgan fingerprint density at radius 1 is 1.13 bits per heavy atom. The molecular formula is C25H30N6O7. The molecule has 1 aliphatic heterocycles. The van der Waals surface area contributed by atoms with Crippen molar-refractivity contribution < 1.29 is 35.1 Å². The predicted molar refractivity (Wildman–Crippen MR) is 133 cm³/mol. The van der Waals surface area contributed by atoms with E-state index in [2.05, 4.69) is 25.6 Å². The first-order valence-electron chi connectivity index (χ1n) is 12.2. The van der Waals surface area contributed by atoms with Crippen molar-refractivity contribution in [1.82, 2.24) is 24.8 Å². The van der Waals surface area contributed by atoms with Crippen LogP contribution in [0.25, 0.3) is 11.2 Å². The number of nitrogens with zero attached hydrogens (tertiary/aromatic N) is 4. The molecule has 0 radical (unpaired) electrons. The van der Waals surface area contributed by atoms with Crippen molar-refractivity contribution in [1.29, 1.82) is 0 Å². The second-order valence-corrected chi connectivity index (χ2v) is 9.51. The number of aryl methyl sites for hydroxylation is 1. The number of hydrogen-bond acceptors (Lipinski definition) is 11. The maximum Gasteiger partial charge on any atom is 0.247 e. The predicted octanol–water partition coefficient (Wildman–Crippen LogP) is -1.10. The minimum absolute atomic E-state index is 0.0502. The molecule has 13 nitrogen and oxygen atoms in total. The van der Waals surface area contributed by atoms with Crippen molar-refractivity contribution in [2.45, 2.75) is 62.7 Å². The van der Waals surface area contributed by atoms with Crippen LogP contribution in [0.3, 0.4) is 0 Å². The summed E-state index contributed by atoms with van der Waals surface area (Å²) in [4.78, 5) is 26.1. The van der Waals surface area contributed by atoms with Crippen molar-refractivity contribution in [3.63, 3.8) is 0 Å². The van der Waals surface area contributed by atoms with Crippen molar-refractivity contribution in [3.8, 4) is 0 Å². The summed E-state index contributed by atoms with van der Waals surface area (Å²) in [5.74, 6) is -0.172. The number of aliphatic hydroxyl groups excluding tert-OH is 5. The second-order valence-electron chi connectivity index (χ2n) is 9.51. The molecule has 1 amide bonds. The van der Waals surface area contributed by atoms with Gasteiger partial charge in [-0.25, -0.2) is 15.0 Å². The van der Waals surface area contributed by atoms with Crippen molar-refractivity contribution in [2.24, 2.45) is 0 Å². The minimum atomic E-state index is -1.41. The molecule has 0 spiro atoms. The van der Waals surface area contributed by atoms with E-state index in [9.17, 15) is 30.3 Å². The van der Waals surface area contributed by atoms with Crippen LogP contribution in [0, 0.1) is 6.92 Å². The maximum atomic E-state index is 13.0. The molecule has 1 aliphatic carbocycles. The molecule has 1 fully saturated rings. The first kappa shape index (κ1) is 26.2. The summed E-state index contributed by atoms with van der Waals surface area (Å²) in [7, 11) is 0. The Balaban J connectivity index is 1.41. The number of hydrogen-bond donors (Lipinski definition) is 7. The quantitative estimate of drug-likeness (QED) is 0.197. The molecule has 7 atom stereocenters. The van der Waals surface area contributed by atoms with Gasteiger partial charge < -0.3 is 40.9 Å². The summed E-state index contributed by atoms with van der Waals surface area (Å²) in [6.07, 6.45) is -3.59. The van der Waals surface area contributed by atoms with E-state index in [0.29, 0.717) is 23.5 Å². The van der Waals surface area contributed by atoms with Gasteiger partial charge in [0.15, 0.2) is 23.2 Å². The van der Waals surface area contributed by atoms with Gasteiger partial charge in [-0.3, -0.25) is 9.36 Å². The van der Waals surface area contributed by atoms with E-state index < -0.39 is 55.3 Å². The number of aromatic nitrogens is 4. The van der Waals surface area contributed by atoms with E-state index >= 15 is 0 Å². The third-order valence-electron chi connectivity index (χ3n) is 7.03. The summed E-state index contributed by atoms with van der Waals surface area (Å²) in [5, 5.41) is 56.2. The molecule has 38 heavy (non-hydrogen) atoms. The van der Waals surface area contributed by atoms with Gasteiger partial charge in [0.25, 0.3) is 0 Å². The Morgan fingerprint density at radius 3 is 2.66 bits per heavy atom. The van der Waals surface area contributed by atoms with E-state index in [1.165, 1.54) is 18.7 Å². The second kappa shape index (κ2) is 10.7. The zero-order valence-corrected chi connectivity index (χ0v) is 20.5. The molecule has 2 aromatic heterocycles. The third kappa shape index (κ3) is 4.87. The Morgan fingerprint density at radius 2 is 1.92 bits per heavy atom. The van der Waals surface area contributed by atoms with Gasteiger partial charge in [0, 0.05) is 18.5 Å². The molecule has 0 bridgehead atoms. The van der Waals surface area contributed by atoms with Gasteiger partial charge in [0.1, 0.15) is 36.8 Å². The largest absolute Gasteiger partial charge is 0.394 e. The van der Waals surface area contributed by atoms with Crippen molar-refractivity contribution in [2.75, 3.05) is 11.9 Å². The van der Waals surface area contributed by atoms with Crippen LogP contribution in [0.15, 0.2) is 48.6 Å². The summed E-state index contributed by atoms with van der Waals surface area (Å²) in [6, 6.07) is 6.92. The molecule has 5 rings (SSSR count). The fourth-order valence-electron chi connectivity index (χ4n) is 4.80. The van der Waals surface area contributed by atoms with Crippen molar-refractivity contribution >= 4 is 22.9 Å². The summed E-state index contributed by atoms with van der Waals surface area (Å²) in [6.45, 7) is 2.03. The van der Waals surface area contributed by atoms with Gasteiger partial charge in [-0.2, -0.15) is 0 Å². The number of ether oxygens (including phenoxy) is 1. The minimum Gasteiger partial charge on any atom is -0.394 e. The Kier molecular flexibility index (Phi) is 7.38. The third-order valence-corrected chi connectivity index (χ3v) is 7.03. The topological polar surface area (TPSA) is 195 Å². The highest BCUT2D eigenvalue weighted by Gasteiger charge is 2.46. The van der Waals surface area contributed by atoms with Crippen LogP contribution in [0.5, 0.6) is 0 Å². The fourth-order valence-corrected chi connectivity index (χ4v) is 4.80. The molecule has 3 aromatic rings. The van der Waals surface area contributed by atoms with Crippen LogP contribution in [-0.2, 0) is 16.1 Å². The molecule has 7 N–H and O–H groups in total. The lowest BCUT2D eigenvalue weighted by atomic mass is 9.91. The van der Waals surface area contributed by atoms with Crippen LogP contribution in [0.4, 0.5) is 5.82 Å². The number of imidazole rings is 1. The van der Waals surface area contributed by atoms with Gasteiger partial charge in [-0.15, -0.1) is 0 Å².